The van der Waals surface area contributed by atoms with Gasteiger partial charge in [0.05, 0.1) is 40.6 Å². The van der Waals surface area contributed by atoms with Gasteiger partial charge in [-0.15, -0.1) is 0 Å². The zero-order valence-electron chi connectivity index (χ0n) is 21.6. The van der Waals surface area contributed by atoms with Gasteiger partial charge in [0.1, 0.15) is 11.6 Å². The number of aliphatic hydroxyl groups is 1. The fraction of sp³-hybridized carbons (Fsp3) is 0.290. The first-order valence-electron chi connectivity index (χ1n) is 12.9. The average molecular weight is 506 g/mol. The van der Waals surface area contributed by atoms with E-state index in [1.54, 1.807) is 18.3 Å². The minimum Gasteiger partial charge on any atom is -0.511 e. The molecule has 3 atom stereocenters. The van der Waals surface area contributed by atoms with Gasteiger partial charge < -0.3 is 5.11 Å². The van der Waals surface area contributed by atoms with Gasteiger partial charge in [-0.05, 0) is 80.1 Å². The van der Waals surface area contributed by atoms with E-state index in [1.807, 2.05) is 36.7 Å². The molecule has 4 aromatic rings. The third-order valence-corrected chi connectivity index (χ3v) is 8.41. The van der Waals surface area contributed by atoms with Crippen molar-refractivity contribution < 1.29 is 9.50 Å². The fourth-order valence-corrected chi connectivity index (χ4v) is 6.56. The van der Waals surface area contributed by atoms with Gasteiger partial charge in [-0.25, -0.2) is 9.07 Å². The monoisotopic (exact) mass is 505 g/mol. The van der Waals surface area contributed by atoms with Gasteiger partial charge >= 0.3 is 0 Å². The summed E-state index contributed by atoms with van der Waals surface area (Å²) < 4.78 is 15.8. The Balaban J connectivity index is 1.54. The number of aryl methyl sites for hydroxylation is 1. The Morgan fingerprint density at radius 1 is 1.08 bits per heavy atom. The first-order valence-corrected chi connectivity index (χ1v) is 12.9. The number of allylic oxidation sites excluding steroid dienone is 2. The Kier molecular flexibility index (Phi) is 5.64. The van der Waals surface area contributed by atoms with Gasteiger partial charge in [0.15, 0.2) is 0 Å². The van der Waals surface area contributed by atoms with Gasteiger partial charge in [-0.2, -0.15) is 20.6 Å². The minimum absolute atomic E-state index is 0.126. The molecule has 2 aromatic heterocycles. The van der Waals surface area contributed by atoms with Gasteiger partial charge in [-0.3, -0.25) is 0 Å². The Bertz CT molecular complexity index is 1610. The summed E-state index contributed by atoms with van der Waals surface area (Å²) in [5.41, 5.74) is 7.71. The second-order valence-corrected chi connectivity index (χ2v) is 10.7. The molecule has 2 heterocycles. The molecule has 0 saturated heterocycles. The summed E-state index contributed by atoms with van der Waals surface area (Å²) in [5.74, 6) is -0.0347. The molecule has 2 aliphatic rings. The van der Waals surface area contributed by atoms with E-state index in [1.165, 1.54) is 12.1 Å². The van der Waals surface area contributed by atoms with Crippen molar-refractivity contribution >= 4 is 0 Å². The highest BCUT2D eigenvalue weighted by Gasteiger charge is 2.51. The van der Waals surface area contributed by atoms with E-state index in [-0.39, 0.29) is 23.4 Å². The van der Waals surface area contributed by atoms with Crippen LogP contribution in [0.25, 0.3) is 28.1 Å². The first-order chi connectivity index (χ1) is 18.3. The van der Waals surface area contributed by atoms with Crippen molar-refractivity contribution in [2.75, 3.05) is 0 Å². The summed E-state index contributed by atoms with van der Waals surface area (Å²) in [4.78, 5) is 0. The molecule has 2 aromatic carbocycles. The molecule has 2 aliphatic carbocycles. The number of halogens is 1. The Hall–Kier alpha value is -4.31. The highest BCUT2D eigenvalue weighted by Crippen LogP contribution is 2.55. The largest absolute Gasteiger partial charge is 0.511 e. The topological polar surface area (TPSA) is 87.6 Å². The summed E-state index contributed by atoms with van der Waals surface area (Å²) in [6.07, 6.45) is 3.87. The molecule has 6 nitrogen and oxygen atoms in total. The van der Waals surface area contributed by atoms with Crippen LogP contribution in [-0.2, 0) is 11.8 Å². The van der Waals surface area contributed by atoms with E-state index >= 15 is 0 Å². The highest BCUT2D eigenvalue weighted by molar-refractivity contribution is 5.68. The number of hydrogen-bond donors (Lipinski definition) is 1. The molecule has 0 spiro atoms. The van der Waals surface area contributed by atoms with Gasteiger partial charge in [0.25, 0.3) is 0 Å². The first kappa shape index (κ1) is 24.1. The summed E-state index contributed by atoms with van der Waals surface area (Å²) in [6, 6.07) is 18.9. The van der Waals surface area contributed by atoms with Crippen molar-refractivity contribution in [1.82, 2.24) is 20.0 Å². The molecule has 0 saturated carbocycles. The summed E-state index contributed by atoms with van der Waals surface area (Å²) in [6.45, 7) is 6.13. The average Bonchev–Trinajstić information content (AvgIpc) is 3.32. The molecular formula is C31H28FN5O. The van der Waals surface area contributed by atoms with Crippen LogP contribution in [0.5, 0.6) is 0 Å². The quantitative estimate of drug-likeness (QED) is 0.337. The molecule has 0 amide bonds. The molecule has 1 N–H and O–H groups in total. The molecule has 0 aliphatic heterocycles. The van der Waals surface area contributed by atoms with E-state index in [9.17, 15) is 14.8 Å². The molecule has 0 radical (unpaired) electrons. The summed E-state index contributed by atoms with van der Waals surface area (Å²) in [5, 5.41) is 33.9. The van der Waals surface area contributed by atoms with Crippen molar-refractivity contribution in [1.29, 1.82) is 5.26 Å². The van der Waals surface area contributed by atoms with Crippen LogP contribution in [0.4, 0.5) is 4.39 Å². The predicted octanol–water partition coefficient (Wildman–Crippen LogP) is 6.64. The normalized spacial score (nSPS) is 22.5. The predicted molar refractivity (Wildman–Crippen MR) is 143 cm³/mol. The number of aliphatic hydroxyl groups excluding tert-OH is 1. The third kappa shape index (κ3) is 3.71. The van der Waals surface area contributed by atoms with Gasteiger partial charge in [0.2, 0.25) is 0 Å². The lowest BCUT2D eigenvalue weighted by Gasteiger charge is -2.47. The standard InChI is InChI=1S/C31H28FN5O/c1-18-14-22(17-34-35-18)20-6-10-25(11-7-20)37-30-26(28(36-37)21-4-8-24(32)9-5-21)12-13-27-19(2)29(38)23(16-33)15-31(27,30)3/h4-11,14,17,19,27,38H,12-13,15H2,1-3H3/t19-,27-,31-/m1/s1. The maximum Gasteiger partial charge on any atom is 0.123 e. The zero-order valence-corrected chi connectivity index (χ0v) is 21.6. The van der Waals surface area contributed by atoms with E-state index in [2.05, 4.69) is 35.3 Å². The number of nitriles is 1. The molecule has 6 rings (SSSR count). The molecule has 190 valence electrons. The molecular weight excluding hydrogens is 477 g/mol. The minimum atomic E-state index is -0.402. The van der Waals surface area contributed by atoms with E-state index in [0.29, 0.717) is 12.0 Å². The number of hydrogen-bond acceptors (Lipinski definition) is 5. The van der Waals surface area contributed by atoms with Crippen LogP contribution in [0.3, 0.4) is 0 Å². The number of benzene rings is 2. The lowest BCUT2D eigenvalue weighted by molar-refractivity contribution is 0.134. The lowest BCUT2D eigenvalue weighted by atomic mass is 9.56. The van der Waals surface area contributed by atoms with Crippen LogP contribution in [0.1, 0.15) is 43.6 Å². The third-order valence-electron chi connectivity index (χ3n) is 8.41. The van der Waals surface area contributed by atoms with Crippen LogP contribution in [0.15, 0.2) is 72.1 Å². The Labute approximate surface area is 221 Å². The van der Waals surface area contributed by atoms with Crippen LogP contribution in [0, 0.1) is 35.9 Å². The molecule has 0 unspecified atom stereocenters. The molecule has 0 fully saturated rings. The number of aromatic nitrogens is 4. The van der Waals surface area contributed by atoms with Crippen molar-refractivity contribution in [2.24, 2.45) is 11.8 Å². The van der Waals surface area contributed by atoms with Crippen molar-refractivity contribution in [3.8, 4) is 34.1 Å². The smallest absolute Gasteiger partial charge is 0.123 e. The maximum absolute atomic E-state index is 13.8. The summed E-state index contributed by atoms with van der Waals surface area (Å²) >= 11 is 0. The van der Waals surface area contributed by atoms with E-state index < -0.39 is 5.41 Å². The highest BCUT2D eigenvalue weighted by atomic mass is 19.1. The second-order valence-electron chi connectivity index (χ2n) is 10.7. The van der Waals surface area contributed by atoms with E-state index in [0.717, 1.165) is 57.9 Å². The summed E-state index contributed by atoms with van der Waals surface area (Å²) in [7, 11) is 0. The maximum atomic E-state index is 13.8. The number of fused-ring (bicyclic) bond motifs is 3. The molecule has 38 heavy (non-hydrogen) atoms. The number of rotatable bonds is 3. The van der Waals surface area contributed by atoms with Gasteiger partial charge in [0, 0.05) is 28.0 Å². The van der Waals surface area contributed by atoms with Crippen molar-refractivity contribution in [3.63, 3.8) is 0 Å². The van der Waals surface area contributed by atoms with Crippen LogP contribution >= 0.6 is 0 Å². The van der Waals surface area contributed by atoms with Crippen LogP contribution < -0.4 is 0 Å². The Morgan fingerprint density at radius 2 is 1.79 bits per heavy atom. The van der Waals surface area contributed by atoms with E-state index in [4.69, 9.17) is 5.10 Å². The van der Waals surface area contributed by atoms with Crippen LogP contribution in [-0.4, -0.2) is 25.1 Å². The SMILES string of the molecule is Cc1cc(-c2ccc(-n3nc(-c4ccc(F)cc4)c4c3[C@]3(C)CC(C#N)=C(O)[C@H](C)[C@H]3CC4)cc2)cnn1. The Morgan fingerprint density at radius 3 is 2.47 bits per heavy atom. The molecule has 0 bridgehead atoms. The molecule has 7 heteroatoms. The number of nitrogens with zero attached hydrogens (tertiary/aromatic N) is 5. The zero-order chi connectivity index (χ0) is 26.6. The fourth-order valence-electron chi connectivity index (χ4n) is 6.56. The second kappa shape index (κ2) is 8.91. The van der Waals surface area contributed by atoms with Gasteiger partial charge in [-0.1, -0.05) is 26.0 Å². The van der Waals surface area contributed by atoms with Crippen molar-refractivity contribution in [2.45, 2.75) is 45.4 Å². The van der Waals surface area contributed by atoms with Crippen molar-refractivity contribution in [3.05, 3.63) is 94.9 Å². The van der Waals surface area contributed by atoms with Crippen LogP contribution in [0.2, 0.25) is 0 Å². The lowest BCUT2D eigenvalue weighted by Crippen LogP contribution is -2.45.